The Morgan fingerprint density at radius 3 is 2.87 bits per heavy atom. The molecule has 0 aliphatic carbocycles. The smallest absolute Gasteiger partial charge is 0.251 e. The van der Waals surface area contributed by atoms with Gasteiger partial charge in [0, 0.05) is 16.2 Å². The molecule has 1 aromatic rings. The van der Waals surface area contributed by atoms with Gasteiger partial charge in [-0.15, -0.1) is 0 Å². The molecule has 1 rings (SSSR count). The van der Waals surface area contributed by atoms with Crippen molar-refractivity contribution >= 4 is 27.5 Å². The second-order valence-electron chi connectivity index (χ2n) is 2.96. The Morgan fingerprint density at radius 1 is 1.53 bits per heavy atom. The molecule has 4 heteroatoms. The highest BCUT2D eigenvalue weighted by Crippen LogP contribution is 2.15. The van der Waals surface area contributed by atoms with Crippen LogP contribution in [-0.4, -0.2) is 13.0 Å². The van der Waals surface area contributed by atoms with E-state index in [2.05, 4.69) is 21.2 Å². The molecule has 1 amide bonds. The van der Waals surface area contributed by atoms with Gasteiger partial charge in [-0.25, -0.2) is 0 Å². The molecule has 0 spiro atoms. The summed E-state index contributed by atoms with van der Waals surface area (Å²) in [5, 5.41) is 2.72. The average Bonchev–Trinajstić information content (AvgIpc) is 2.17. The van der Waals surface area contributed by atoms with Gasteiger partial charge in [0.05, 0.1) is 12.9 Å². The van der Waals surface area contributed by atoms with Crippen molar-refractivity contribution in [3.05, 3.63) is 40.6 Å². The molecule has 0 fully saturated rings. The van der Waals surface area contributed by atoms with Crippen LogP contribution in [0.1, 0.15) is 6.92 Å². The third-order valence-corrected chi connectivity index (χ3v) is 2.24. The summed E-state index contributed by atoms with van der Waals surface area (Å²) in [6.45, 7) is 1.72. The van der Waals surface area contributed by atoms with E-state index in [0.29, 0.717) is 5.76 Å². The van der Waals surface area contributed by atoms with E-state index in [1.54, 1.807) is 6.92 Å². The van der Waals surface area contributed by atoms with Gasteiger partial charge in [-0.1, -0.05) is 22.0 Å². The Bertz CT molecular complexity index is 388. The fraction of sp³-hybridized carbons (Fsp3) is 0.182. The molecular weight excluding hydrogens is 258 g/mol. The van der Waals surface area contributed by atoms with E-state index in [1.165, 1.54) is 13.2 Å². The Hall–Kier alpha value is -1.29. The maximum Gasteiger partial charge on any atom is 0.251 e. The fourth-order valence-corrected chi connectivity index (χ4v) is 1.39. The monoisotopic (exact) mass is 269 g/mol. The molecule has 0 aromatic heterocycles. The van der Waals surface area contributed by atoms with Crippen LogP contribution in [0.2, 0.25) is 0 Å². The van der Waals surface area contributed by atoms with Crippen LogP contribution in [0, 0.1) is 0 Å². The van der Waals surface area contributed by atoms with Gasteiger partial charge in [0.15, 0.2) is 0 Å². The van der Waals surface area contributed by atoms with Crippen molar-refractivity contribution in [3.8, 4) is 0 Å². The summed E-state index contributed by atoms with van der Waals surface area (Å²) >= 11 is 3.33. The van der Waals surface area contributed by atoms with Crippen LogP contribution in [0.3, 0.4) is 0 Å². The lowest BCUT2D eigenvalue weighted by Gasteiger charge is -2.03. The lowest BCUT2D eigenvalue weighted by molar-refractivity contribution is -0.112. The molecular formula is C11H12BrNO2. The molecule has 0 aliphatic rings. The third kappa shape index (κ3) is 4.16. The van der Waals surface area contributed by atoms with E-state index in [0.717, 1.165) is 10.2 Å². The number of carbonyl (C=O) groups is 1. The number of amides is 1. The number of carbonyl (C=O) groups excluding carboxylic acids is 1. The molecule has 80 valence electrons. The number of nitrogens with one attached hydrogen (secondary N) is 1. The molecule has 0 unspecified atom stereocenters. The van der Waals surface area contributed by atoms with Crippen molar-refractivity contribution in [2.24, 2.45) is 0 Å². The lowest BCUT2D eigenvalue weighted by atomic mass is 10.3. The molecule has 0 saturated heterocycles. The fourth-order valence-electron chi connectivity index (χ4n) is 0.988. The van der Waals surface area contributed by atoms with Crippen LogP contribution in [0.15, 0.2) is 40.6 Å². The standard InChI is InChI=1S/C11H12BrNO2/c1-8(15-2)6-11(14)13-10-5-3-4-9(12)7-10/h3-7H,1-2H3,(H,13,14). The molecule has 1 N–H and O–H groups in total. The molecule has 0 bridgehead atoms. The van der Waals surface area contributed by atoms with Gasteiger partial charge in [0.2, 0.25) is 0 Å². The average molecular weight is 270 g/mol. The molecule has 0 saturated carbocycles. The first-order valence-electron chi connectivity index (χ1n) is 4.40. The van der Waals surface area contributed by atoms with Crippen molar-refractivity contribution in [2.75, 3.05) is 12.4 Å². The van der Waals surface area contributed by atoms with Crippen LogP contribution in [-0.2, 0) is 9.53 Å². The van der Waals surface area contributed by atoms with Crippen LogP contribution >= 0.6 is 15.9 Å². The summed E-state index contributed by atoms with van der Waals surface area (Å²) in [6, 6.07) is 7.39. The maximum absolute atomic E-state index is 11.4. The number of hydrogen-bond donors (Lipinski definition) is 1. The largest absolute Gasteiger partial charge is 0.501 e. The number of halogens is 1. The normalized spacial score (nSPS) is 11.0. The van der Waals surface area contributed by atoms with Gasteiger partial charge in [0.1, 0.15) is 0 Å². The minimum atomic E-state index is -0.201. The van der Waals surface area contributed by atoms with Gasteiger partial charge < -0.3 is 10.1 Å². The minimum Gasteiger partial charge on any atom is -0.501 e. The first-order chi connectivity index (χ1) is 7.11. The van der Waals surface area contributed by atoms with Crippen LogP contribution in [0.5, 0.6) is 0 Å². The summed E-state index contributed by atoms with van der Waals surface area (Å²) < 4.78 is 5.80. The maximum atomic E-state index is 11.4. The Balaban J connectivity index is 2.67. The Kier molecular flexibility index (Phi) is 4.37. The van der Waals surface area contributed by atoms with E-state index >= 15 is 0 Å². The highest BCUT2D eigenvalue weighted by molar-refractivity contribution is 9.10. The number of benzene rings is 1. The summed E-state index contributed by atoms with van der Waals surface area (Å²) in [4.78, 5) is 11.4. The van der Waals surface area contributed by atoms with Crippen molar-refractivity contribution in [2.45, 2.75) is 6.92 Å². The predicted molar refractivity (Wildman–Crippen MR) is 63.5 cm³/mol. The zero-order valence-electron chi connectivity index (χ0n) is 8.58. The summed E-state index contributed by atoms with van der Waals surface area (Å²) in [7, 11) is 1.53. The highest BCUT2D eigenvalue weighted by Gasteiger charge is 1.99. The number of ether oxygens (including phenoxy) is 1. The van der Waals surface area contributed by atoms with E-state index in [9.17, 15) is 4.79 Å². The second-order valence-corrected chi connectivity index (χ2v) is 3.87. The number of rotatable bonds is 3. The van der Waals surface area contributed by atoms with Crippen LogP contribution in [0.25, 0.3) is 0 Å². The second kappa shape index (κ2) is 5.56. The molecule has 15 heavy (non-hydrogen) atoms. The van der Waals surface area contributed by atoms with Crippen LogP contribution < -0.4 is 5.32 Å². The molecule has 0 heterocycles. The van der Waals surface area contributed by atoms with E-state index < -0.39 is 0 Å². The molecule has 0 aliphatic heterocycles. The molecule has 3 nitrogen and oxygen atoms in total. The van der Waals surface area contributed by atoms with E-state index in [4.69, 9.17) is 4.74 Å². The van der Waals surface area contributed by atoms with Gasteiger partial charge in [-0.05, 0) is 25.1 Å². The zero-order valence-corrected chi connectivity index (χ0v) is 10.2. The van der Waals surface area contributed by atoms with Crippen molar-refractivity contribution in [1.82, 2.24) is 0 Å². The topological polar surface area (TPSA) is 38.3 Å². The van der Waals surface area contributed by atoms with Gasteiger partial charge >= 0.3 is 0 Å². The zero-order chi connectivity index (χ0) is 11.3. The number of methoxy groups -OCH3 is 1. The third-order valence-electron chi connectivity index (χ3n) is 1.75. The summed E-state index contributed by atoms with van der Waals surface area (Å²) in [5.41, 5.74) is 0.745. The number of hydrogen-bond acceptors (Lipinski definition) is 2. The highest BCUT2D eigenvalue weighted by atomic mass is 79.9. The first kappa shape index (κ1) is 11.8. The molecule has 0 radical (unpaired) electrons. The van der Waals surface area contributed by atoms with Crippen molar-refractivity contribution in [1.29, 1.82) is 0 Å². The summed E-state index contributed by atoms with van der Waals surface area (Å²) in [6.07, 6.45) is 1.40. The SMILES string of the molecule is COC(C)=CC(=O)Nc1cccc(Br)c1. The van der Waals surface area contributed by atoms with Gasteiger partial charge in [-0.2, -0.15) is 0 Å². The number of anilines is 1. The minimum absolute atomic E-state index is 0.201. The first-order valence-corrected chi connectivity index (χ1v) is 5.20. The van der Waals surface area contributed by atoms with Crippen molar-refractivity contribution < 1.29 is 9.53 Å². The quantitative estimate of drug-likeness (QED) is 0.677. The van der Waals surface area contributed by atoms with Gasteiger partial charge in [0.25, 0.3) is 5.91 Å². The van der Waals surface area contributed by atoms with E-state index in [-0.39, 0.29) is 5.91 Å². The number of allylic oxidation sites excluding steroid dienone is 1. The van der Waals surface area contributed by atoms with Crippen molar-refractivity contribution in [3.63, 3.8) is 0 Å². The molecule has 0 atom stereocenters. The summed E-state index contributed by atoms with van der Waals surface area (Å²) in [5.74, 6) is 0.370. The van der Waals surface area contributed by atoms with Gasteiger partial charge in [-0.3, -0.25) is 4.79 Å². The van der Waals surface area contributed by atoms with Crippen LogP contribution in [0.4, 0.5) is 5.69 Å². The Morgan fingerprint density at radius 2 is 2.27 bits per heavy atom. The van der Waals surface area contributed by atoms with E-state index in [1.807, 2.05) is 24.3 Å². The predicted octanol–water partition coefficient (Wildman–Crippen LogP) is 2.94. The Labute approximate surface area is 97.3 Å². The lowest BCUT2D eigenvalue weighted by Crippen LogP contribution is -2.08. The molecule has 1 aromatic carbocycles.